The Balaban J connectivity index is 1.14. The van der Waals surface area contributed by atoms with Crippen molar-refractivity contribution in [3.05, 3.63) is 204 Å². The van der Waals surface area contributed by atoms with Gasteiger partial charge >= 0.3 is 0 Å². The fraction of sp³-hybridized carbons (Fsp3) is 0.0204. The van der Waals surface area contributed by atoms with Gasteiger partial charge in [0.1, 0.15) is 0 Å². The predicted molar refractivity (Wildman–Crippen MR) is 206 cm³/mol. The quantitative estimate of drug-likeness (QED) is 0.181. The van der Waals surface area contributed by atoms with Gasteiger partial charge in [0.2, 0.25) is 0 Å². The molecule has 0 unspecified atom stereocenters. The molecule has 0 N–H and O–H groups in total. The number of fused-ring (bicyclic) bond motifs is 14. The Labute approximate surface area is 285 Å². The van der Waals surface area contributed by atoms with E-state index >= 15 is 0 Å². The minimum atomic E-state index is -0.353. The lowest BCUT2D eigenvalue weighted by molar-refractivity contribution is 0.801. The van der Waals surface area contributed by atoms with Crippen molar-refractivity contribution in [1.82, 2.24) is 0 Å². The van der Waals surface area contributed by atoms with Gasteiger partial charge in [0.25, 0.3) is 0 Å². The smallest absolute Gasteiger partial charge is 0.0619 e. The maximum Gasteiger partial charge on any atom is 0.0731 e. The SMILES string of the molecule is c1ccc2c(c1)-c1ccccc1C21c2ccccc2-c2ccc3cc(-c4ccc(-c5ccc6ccccc6c5)c5ccccc45)ccc3c21. The summed E-state index contributed by atoms with van der Waals surface area (Å²) < 4.78 is 0. The molecule has 0 nitrogen and oxygen atoms in total. The molecule has 0 aliphatic heterocycles. The zero-order valence-electron chi connectivity index (χ0n) is 26.8. The molecule has 226 valence electrons. The van der Waals surface area contributed by atoms with Crippen LogP contribution in [0.1, 0.15) is 22.3 Å². The maximum absolute atomic E-state index is 2.41. The second-order valence-electron chi connectivity index (χ2n) is 13.6. The predicted octanol–water partition coefficient (Wildman–Crippen LogP) is 12.8. The molecule has 0 amide bonds. The molecule has 0 saturated heterocycles. The second-order valence-corrected chi connectivity index (χ2v) is 13.6. The van der Waals surface area contributed by atoms with E-state index < -0.39 is 0 Å². The summed E-state index contributed by atoms with van der Waals surface area (Å²) >= 11 is 0. The molecule has 49 heavy (non-hydrogen) atoms. The zero-order valence-corrected chi connectivity index (χ0v) is 26.8. The largest absolute Gasteiger partial charge is 0.0731 e. The third kappa shape index (κ3) is 3.53. The Kier molecular flexibility index (Phi) is 5.41. The summed E-state index contributed by atoms with van der Waals surface area (Å²) in [5.74, 6) is 0. The Morgan fingerprint density at radius 3 is 1.35 bits per heavy atom. The monoisotopic (exact) mass is 618 g/mol. The molecule has 0 heterocycles. The summed E-state index contributed by atoms with van der Waals surface area (Å²) in [6.07, 6.45) is 0. The van der Waals surface area contributed by atoms with E-state index in [0.717, 1.165) is 0 Å². The van der Waals surface area contributed by atoms with E-state index in [4.69, 9.17) is 0 Å². The molecule has 0 heteroatoms. The third-order valence-corrected chi connectivity index (χ3v) is 11.3. The molecule has 0 saturated carbocycles. The molecule has 0 atom stereocenters. The highest BCUT2D eigenvalue weighted by atomic mass is 14.5. The van der Waals surface area contributed by atoms with Crippen LogP contribution in [0.4, 0.5) is 0 Å². The molecule has 2 aliphatic carbocycles. The van der Waals surface area contributed by atoms with Crippen LogP contribution in [0.3, 0.4) is 0 Å². The van der Waals surface area contributed by atoms with Crippen LogP contribution in [0.2, 0.25) is 0 Å². The molecule has 2 aliphatic rings. The van der Waals surface area contributed by atoms with Crippen molar-refractivity contribution in [3.8, 4) is 44.5 Å². The van der Waals surface area contributed by atoms with Crippen LogP contribution in [0.25, 0.3) is 76.8 Å². The topological polar surface area (TPSA) is 0 Å². The first-order chi connectivity index (χ1) is 24.3. The van der Waals surface area contributed by atoms with Crippen molar-refractivity contribution >= 4 is 32.3 Å². The van der Waals surface area contributed by atoms with Crippen LogP contribution in [0, 0.1) is 0 Å². The van der Waals surface area contributed by atoms with Crippen LogP contribution in [0.5, 0.6) is 0 Å². The fourth-order valence-corrected chi connectivity index (χ4v) is 9.26. The highest BCUT2D eigenvalue weighted by molar-refractivity contribution is 6.08. The maximum atomic E-state index is 2.41. The molecule has 0 fully saturated rings. The van der Waals surface area contributed by atoms with E-state index in [9.17, 15) is 0 Å². The number of benzene rings is 9. The van der Waals surface area contributed by atoms with Crippen molar-refractivity contribution in [2.45, 2.75) is 5.41 Å². The van der Waals surface area contributed by atoms with Crippen LogP contribution in [0.15, 0.2) is 182 Å². The first kappa shape index (κ1) is 26.8. The average molecular weight is 619 g/mol. The lowest BCUT2D eigenvalue weighted by Gasteiger charge is -2.31. The minimum Gasteiger partial charge on any atom is -0.0619 e. The molecule has 11 rings (SSSR count). The van der Waals surface area contributed by atoms with Gasteiger partial charge in [-0.25, -0.2) is 0 Å². The van der Waals surface area contributed by atoms with Gasteiger partial charge in [0.15, 0.2) is 0 Å². The highest BCUT2D eigenvalue weighted by Crippen LogP contribution is 2.64. The van der Waals surface area contributed by atoms with Gasteiger partial charge in [-0.05, 0) is 111 Å². The average Bonchev–Trinajstić information content (AvgIpc) is 3.65. The molecule has 1 spiro atoms. The van der Waals surface area contributed by atoms with E-state index in [1.165, 1.54) is 99.1 Å². The van der Waals surface area contributed by atoms with Gasteiger partial charge in [-0.1, -0.05) is 170 Å². The van der Waals surface area contributed by atoms with Crippen LogP contribution < -0.4 is 0 Å². The van der Waals surface area contributed by atoms with E-state index in [1.54, 1.807) is 0 Å². The van der Waals surface area contributed by atoms with Crippen molar-refractivity contribution in [2.24, 2.45) is 0 Å². The van der Waals surface area contributed by atoms with Gasteiger partial charge in [-0.3, -0.25) is 0 Å². The van der Waals surface area contributed by atoms with Crippen LogP contribution >= 0.6 is 0 Å². The van der Waals surface area contributed by atoms with Gasteiger partial charge in [0, 0.05) is 0 Å². The normalized spacial score (nSPS) is 13.5. The number of rotatable bonds is 2. The van der Waals surface area contributed by atoms with E-state index in [0.29, 0.717) is 0 Å². The number of hydrogen-bond acceptors (Lipinski definition) is 0. The summed E-state index contributed by atoms with van der Waals surface area (Å²) in [6.45, 7) is 0. The summed E-state index contributed by atoms with van der Waals surface area (Å²) in [4.78, 5) is 0. The van der Waals surface area contributed by atoms with E-state index in [-0.39, 0.29) is 5.41 Å². The number of hydrogen-bond donors (Lipinski definition) is 0. The minimum absolute atomic E-state index is 0.353. The van der Waals surface area contributed by atoms with Crippen molar-refractivity contribution in [2.75, 3.05) is 0 Å². The zero-order chi connectivity index (χ0) is 32.1. The standard InChI is InChI=1S/C49H30/c1-2-12-32-29-33(22-21-31(32)11-1)36-27-28-37(40-14-4-3-13-39(36)40)34-23-25-38-35(30-34)24-26-44-43-17-7-10-20-47(43)49(48(38)44)45-18-8-5-15-41(45)42-16-6-9-19-46(42)49/h1-30H. The van der Waals surface area contributed by atoms with Gasteiger partial charge in [-0.15, -0.1) is 0 Å². The Morgan fingerprint density at radius 1 is 0.265 bits per heavy atom. The summed E-state index contributed by atoms with van der Waals surface area (Å²) in [7, 11) is 0. The first-order valence-corrected chi connectivity index (χ1v) is 17.2. The molecular weight excluding hydrogens is 589 g/mol. The van der Waals surface area contributed by atoms with Crippen molar-refractivity contribution in [3.63, 3.8) is 0 Å². The molecule has 9 aromatic carbocycles. The third-order valence-electron chi connectivity index (χ3n) is 11.3. The molecule has 0 bridgehead atoms. The Hall–Kier alpha value is -6.24. The van der Waals surface area contributed by atoms with Crippen molar-refractivity contribution in [1.29, 1.82) is 0 Å². The van der Waals surface area contributed by atoms with Gasteiger partial charge in [-0.2, -0.15) is 0 Å². The van der Waals surface area contributed by atoms with Crippen LogP contribution in [-0.4, -0.2) is 0 Å². The van der Waals surface area contributed by atoms with Crippen molar-refractivity contribution < 1.29 is 0 Å². The molecule has 0 radical (unpaired) electrons. The Morgan fingerprint density at radius 2 is 0.714 bits per heavy atom. The summed E-state index contributed by atoms with van der Waals surface area (Å²) in [6, 6.07) is 68.0. The lowest BCUT2D eigenvalue weighted by Crippen LogP contribution is -2.26. The second kappa shape index (κ2) is 9.89. The molecular formula is C49H30. The van der Waals surface area contributed by atoms with Gasteiger partial charge in [0.05, 0.1) is 5.41 Å². The molecule has 0 aromatic heterocycles. The summed E-state index contributed by atoms with van der Waals surface area (Å²) in [5.41, 5.74) is 15.6. The highest BCUT2D eigenvalue weighted by Gasteiger charge is 2.52. The van der Waals surface area contributed by atoms with Crippen LogP contribution in [-0.2, 0) is 5.41 Å². The lowest BCUT2D eigenvalue weighted by atomic mass is 9.69. The fourth-order valence-electron chi connectivity index (χ4n) is 9.26. The first-order valence-electron chi connectivity index (χ1n) is 17.2. The summed E-state index contributed by atoms with van der Waals surface area (Å²) in [5, 5.41) is 7.68. The van der Waals surface area contributed by atoms with E-state index in [1.807, 2.05) is 0 Å². The van der Waals surface area contributed by atoms with E-state index in [2.05, 4.69) is 182 Å². The Bertz CT molecular complexity index is 2770. The molecule has 9 aromatic rings. The van der Waals surface area contributed by atoms with Gasteiger partial charge < -0.3 is 0 Å².